The minimum Gasteiger partial charge on any atom is -0.468 e. The standard InChI is InChI=1S/C13H15F2NO2/c1-18-13(17)12(16-7-8-5-6-8)11-9(14)3-2-4-10(11)15/h2-4,8,12,16H,5-7H2,1H3. The van der Waals surface area contributed by atoms with Crippen LogP contribution in [0.15, 0.2) is 18.2 Å². The molecule has 0 spiro atoms. The van der Waals surface area contributed by atoms with Crippen LogP contribution in [0.1, 0.15) is 24.4 Å². The van der Waals surface area contributed by atoms with Crippen LogP contribution in [0.4, 0.5) is 8.78 Å². The Kier molecular flexibility index (Phi) is 3.91. The van der Waals surface area contributed by atoms with Gasteiger partial charge in [-0.05, 0) is 37.4 Å². The van der Waals surface area contributed by atoms with Crippen LogP contribution in [0.2, 0.25) is 0 Å². The topological polar surface area (TPSA) is 38.3 Å². The van der Waals surface area contributed by atoms with Crippen molar-refractivity contribution in [2.24, 2.45) is 5.92 Å². The van der Waals surface area contributed by atoms with Crippen LogP contribution in [-0.4, -0.2) is 19.6 Å². The molecule has 1 aliphatic carbocycles. The van der Waals surface area contributed by atoms with Crippen molar-refractivity contribution < 1.29 is 18.3 Å². The molecule has 0 heterocycles. The van der Waals surface area contributed by atoms with Gasteiger partial charge in [0.05, 0.1) is 12.7 Å². The molecular formula is C13H15F2NO2. The number of esters is 1. The third-order valence-corrected chi connectivity index (χ3v) is 3.03. The van der Waals surface area contributed by atoms with Gasteiger partial charge in [-0.2, -0.15) is 0 Å². The molecule has 3 nitrogen and oxygen atoms in total. The zero-order valence-electron chi connectivity index (χ0n) is 10.1. The molecule has 0 bridgehead atoms. The average molecular weight is 255 g/mol. The van der Waals surface area contributed by atoms with Crippen molar-refractivity contribution in [1.82, 2.24) is 5.32 Å². The Labute approximate surface area is 104 Å². The molecule has 1 aromatic carbocycles. The Bertz CT molecular complexity index is 426. The highest BCUT2D eigenvalue weighted by atomic mass is 19.1. The van der Waals surface area contributed by atoms with E-state index < -0.39 is 23.6 Å². The van der Waals surface area contributed by atoms with Gasteiger partial charge < -0.3 is 10.1 Å². The van der Waals surface area contributed by atoms with Crippen molar-refractivity contribution in [3.63, 3.8) is 0 Å². The molecule has 1 fully saturated rings. The number of nitrogens with one attached hydrogen (secondary N) is 1. The molecular weight excluding hydrogens is 240 g/mol. The van der Waals surface area contributed by atoms with Crippen molar-refractivity contribution in [1.29, 1.82) is 0 Å². The summed E-state index contributed by atoms with van der Waals surface area (Å²) in [4.78, 5) is 11.6. The average Bonchev–Trinajstić information content (AvgIpc) is 3.16. The van der Waals surface area contributed by atoms with E-state index in [0.717, 1.165) is 25.0 Å². The summed E-state index contributed by atoms with van der Waals surface area (Å²) in [6.07, 6.45) is 2.17. The molecule has 0 saturated heterocycles. The molecule has 0 radical (unpaired) electrons. The van der Waals surface area contributed by atoms with Crippen LogP contribution in [0.25, 0.3) is 0 Å². The number of ether oxygens (including phenoxy) is 1. The molecule has 1 saturated carbocycles. The van der Waals surface area contributed by atoms with Crippen LogP contribution in [0.3, 0.4) is 0 Å². The monoisotopic (exact) mass is 255 g/mol. The van der Waals surface area contributed by atoms with Crippen LogP contribution < -0.4 is 5.32 Å². The second-order valence-corrected chi connectivity index (χ2v) is 4.44. The fourth-order valence-electron chi connectivity index (χ4n) is 1.81. The number of hydrogen-bond donors (Lipinski definition) is 1. The molecule has 2 rings (SSSR count). The highest BCUT2D eigenvalue weighted by molar-refractivity contribution is 5.77. The van der Waals surface area contributed by atoms with Gasteiger partial charge in [-0.3, -0.25) is 0 Å². The minimum atomic E-state index is -1.09. The quantitative estimate of drug-likeness (QED) is 0.819. The van der Waals surface area contributed by atoms with E-state index >= 15 is 0 Å². The first kappa shape index (κ1) is 13.0. The Morgan fingerprint density at radius 2 is 2.06 bits per heavy atom. The predicted molar refractivity (Wildman–Crippen MR) is 61.8 cm³/mol. The third-order valence-electron chi connectivity index (χ3n) is 3.03. The molecule has 0 aromatic heterocycles. The van der Waals surface area contributed by atoms with Gasteiger partial charge in [-0.1, -0.05) is 6.07 Å². The second-order valence-electron chi connectivity index (χ2n) is 4.44. The molecule has 1 aromatic rings. The van der Waals surface area contributed by atoms with E-state index in [4.69, 9.17) is 0 Å². The van der Waals surface area contributed by atoms with Crippen molar-refractivity contribution >= 4 is 5.97 Å². The van der Waals surface area contributed by atoms with Crippen LogP contribution in [0.5, 0.6) is 0 Å². The molecule has 0 aliphatic heterocycles. The lowest BCUT2D eigenvalue weighted by molar-refractivity contribution is -0.143. The second kappa shape index (κ2) is 5.44. The molecule has 1 N–H and O–H groups in total. The van der Waals surface area contributed by atoms with Crippen molar-refractivity contribution in [2.75, 3.05) is 13.7 Å². The lowest BCUT2D eigenvalue weighted by Gasteiger charge is -2.17. The van der Waals surface area contributed by atoms with Gasteiger partial charge in [0, 0.05) is 0 Å². The molecule has 18 heavy (non-hydrogen) atoms. The number of carbonyl (C=O) groups excluding carboxylic acids is 1. The number of rotatable bonds is 5. The van der Waals surface area contributed by atoms with Crippen LogP contribution >= 0.6 is 0 Å². The molecule has 98 valence electrons. The number of carbonyl (C=O) groups is 1. The number of halogens is 2. The van der Waals surface area contributed by atoms with E-state index in [0.29, 0.717) is 12.5 Å². The van der Waals surface area contributed by atoms with Gasteiger partial charge in [0.15, 0.2) is 0 Å². The maximum Gasteiger partial charge on any atom is 0.327 e. The molecule has 1 unspecified atom stereocenters. The smallest absolute Gasteiger partial charge is 0.327 e. The van der Waals surface area contributed by atoms with E-state index in [-0.39, 0.29) is 5.56 Å². The first-order valence-corrected chi connectivity index (χ1v) is 5.88. The highest BCUT2D eigenvalue weighted by Gasteiger charge is 2.30. The van der Waals surface area contributed by atoms with Gasteiger partial charge in [-0.25, -0.2) is 13.6 Å². The van der Waals surface area contributed by atoms with Crippen molar-refractivity contribution in [2.45, 2.75) is 18.9 Å². The lowest BCUT2D eigenvalue weighted by Crippen LogP contribution is -2.32. The van der Waals surface area contributed by atoms with E-state index in [1.54, 1.807) is 0 Å². The van der Waals surface area contributed by atoms with Crippen LogP contribution in [-0.2, 0) is 9.53 Å². The van der Waals surface area contributed by atoms with Gasteiger partial charge in [-0.15, -0.1) is 0 Å². The van der Waals surface area contributed by atoms with E-state index in [1.165, 1.54) is 13.2 Å². The summed E-state index contributed by atoms with van der Waals surface area (Å²) in [5, 5.41) is 2.88. The van der Waals surface area contributed by atoms with Gasteiger partial charge >= 0.3 is 5.97 Å². The fourth-order valence-corrected chi connectivity index (χ4v) is 1.81. The Balaban J connectivity index is 2.22. The summed E-state index contributed by atoms with van der Waals surface area (Å²) < 4.78 is 31.9. The zero-order valence-corrected chi connectivity index (χ0v) is 10.1. The Morgan fingerprint density at radius 1 is 1.44 bits per heavy atom. The SMILES string of the molecule is COC(=O)C(NCC1CC1)c1c(F)cccc1F. The summed E-state index contributed by atoms with van der Waals surface area (Å²) in [6.45, 7) is 0.563. The highest BCUT2D eigenvalue weighted by Crippen LogP contribution is 2.29. The summed E-state index contributed by atoms with van der Waals surface area (Å²) in [5.74, 6) is -1.67. The van der Waals surface area contributed by atoms with Gasteiger partial charge in [0.25, 0.3) is 0 Å². The first-order valence-electron chi connectivity index (χ1n) is 5.88. The number of hydrogen-bond acceptors (Lipinski definition) is 3. The Morgan fingerprint density at radius 3 is 2.56 bits per heavy atom. The Hall–Kier alpha value is -1.49. The molecule has 0 amide bonds. The zero-order chi connectivity index (χ0) is 13.1. The molecule has 1 aliphatic rings. The summed E-state index contributed by atoms with van der Waals surface area (Å²) in [5.41, 5.74) is -0.273. The van der Waals surface area contributed by atoms with Crippen LogP contribution in [0, 0.1) is 17.6 Å². The maximum atomic E-state index is 13.6. The van der Waals surface area contributed by atoms with E-state index in [9.17, 15) is 13.6 Å². The third kappa shape index (κ3) is 2.85. The largest absolute Gasteiger partial charge is 0.468 e. The van der Waals surface area contributed by atoms with Crippen molar-refractivity contribution in [3.8, 4) is 0 Å². The lowest BCUT2D eigenvalue weighted by atomic mass is 10.1. The van der Waals surface area contributed by atoms with E-state index in [1.807, 2.05) is 0 Å². The van der Waals surface area contributed by atoms with Gasteiger partial charge in [0.1, 0.15) is 17.7 Å². The normalized spacial score (nSPS) is 16.4. The predicted octanol–water partition coefficient (Wildman–Crippen LogP) is 2.18. The van der Waals surface area contributed by atoms with Gasteiger partial charge in [0.2, 0.25) is 0 Å². The maximum absolute atomic E-state index is 13.6. The molecule has 5 heteroatoms. The summed E-state index contributed by atoms with van der Waals surface area (Å²) in [6, 6.07) is 2.45. The molecule has 1 atom stereocenters. The fraction of sp³-hybridized carbons (Fsp3) is 0.462. The first-order chi connectivity index (χ1) is 8.63. The number of benzene rings is 1. The summed E-state index contributed by atoms with van der Waals surface area (Å²) >= 11 is 0. The minimum absolute atomic E-state index is 0.273. The van der Waals surface area contributed by atoms with E-state index in [2.05, 4.69) is 10.1 Å². The van der Waals surface area contributed by atoms with Crippen molar-refractivity contribution in [3.05, 3.63) is 35.4 Å². The summed E-state index contributed by atoms with van der Waals surface area (Å²) in [7, 11) is 1.20. The number of methoxy groups -OCH3 is 1.